The zero-order valence-corrected chi connectivity index (χ0v) is 28.7. The van der Waals surface area contributed by atoms with Crippen LogP contribution < -0.4 is 10.2 Å². The van der Waals surface area contributed by atoms with Gasteiger partial charge in [0.25, 0.3) is 5.91 Å². The first kappa shape index (κ1) is 33.0. The third kappa shape index (κ3) is 7.32. The van der Waals surface area contributed by atoms with Crippen molar-refractivity contribution in [2.75, 3.05) is 56.2 Å². The van der Waals surface area contributed by atoms with Crippen LogP contribution in [0.4, 0.5) is 11.4 Å². The number of amides is 1. The van der Waals surface area contributed by atoms with Crippen LogP contribution in [0.3, 0.4) is 0 Å². The number of Topliss-reactive ketones (excluding diaryl/α,β-unsaturated/α-hetero) is 1. The van der Waals surface area contributed by atoms with Crippen molar-refractivity contribution in [2.24, 2.45) is 0 Å². The van der Waals surface area contributed by atoms with Gasteiger partial charge in [-0.25, -0.2) is 0 Å². The van der Waals surface area contributed by atoms with Crippen LogP contribution in [-0.4, -0.2) is 82.9 Å². The predicted octanol–water partition coefficient (Wildman–Crippen LogP) is 6.56. The van der Waals surface area contributed by atoms with Crippen molar-refractivity contribution in [3.63, 3.8) is 0 Å². The minimum Gasteiger partial charge on any atom is -0.393 e. The molecule has 9 heteroatoms. The van der Waals surface area contributed by atoms with Crippen molar-refractivity contribution in [3.8, 4) is 5.69 Å². The van der Waals surface area contributed by atoms with E-state index < -0.39 is 0 Å². The number of benzene rings is 4. The van der Waals surface area contributed by atoms with Gasteiger partial charge in [0.2, 0.25) is 0 Å². The summed E-state index contributed by atoms with van der Waals surface area (Å²) in [7, 11) is 0. The highest BCUT2D eigenvalue weighted by Crippen LogP contribution is 2.26. The van der Waals surface area contributed by atoms with Crippen molar-refractivity contribution in [1.29, 1.82) is 0 Å². The number of morpholine rings is 1. The molecular weight excluding hydrogens is 638 g/mol. The topological polar surface area (TPSA) is 92.0 Å². The number of nitrogens with one attached hydrogen (secondary N) is 1. The monoisotopic (exact) mass is 681 g/mol. The zero-order valence-electron chi connectivity index (χ0n) is 28.7. The molecule has 4 aromatic carbocycles. The summed E-state index contributed by atoms with van der Waals surface area (Å²) in [5, 5.41) is 15.0. The second kappa shape index (κ2) is 14.6. The van der Waals surface area contributed by atoms with E-state index in [0.29, 0.717) is 17.5 Å². The number of aliphatic hydroxyl groups excluding tert-OH is 1. The van der Waals surface area contributed by atoms with Crippen LogP contribution >= 0.6 is 0 Å². The second-order valence-corrected chi connectivity index (χ2v) is 13.7. The molecule has 0 atom stereocenters. The number of carbonyl (C=O) groups excluding carboxylic acids is 2. The Morgan fingerprint density at radius 2 is 1.39 bits per heavy atom. The molecule has 8 rings (SSSR count). The van der Waals surface area contributed by atoms with Crippen LogP contribution in [0.5, 0.6) is 0 Å². The lowest BCUT2D eigenvalue weighted by molar-refractivity contribution is 0.0365. The van der Waals surface area contributed by atoms with E-state index >= 15 is 0 Å². The van der Waals surface area contributed by atoms with E-state index in [1.54, 1.807) is 0 Å². The zero-order chi connectivity index (χ0) is 34.7. The average Bonchev–Trinajstić information content (AvgIpc) is 3.78. The maximum absolute atomic E-state index is 13.3. The highest BCUT2D eigenvalue weighted by atomic mass is 16.5. The molecule has 0 unspecified atom stereocenters. The third-order valence-electron chi connectivity index (χ3n) is 10.3. The van der Waals surface area contributed by atoms with Gasteiger partial charge in [-0.3, -0.25) is 14.5 Å². The molecule has 6 aromatic rings. The number of ketones is 1. The molecular formula is C42H43N5O4. The number of ether oxygens (including phenoxy) is 1. The molecule has 0 radical (unpaired) electrons. The van der Waals surface area contributed by atoms with Gasteiger partial charge in [0, 0.05) is 97.2 Å². The van der Waals surface area contributed by atoms with Gasteiger partial charge >= 0.3 is 0 Å². The van der Waals surface area contributed by atoms with Crippen LogP contribution in [0.25, 0.3) is 27.5 Å². The second-order valence-electron chi connectivity index (χ2n) is 13.7. The summed E-state index contributed by atoms with van der Waals surface area (Å²) < 4.78 is 9.85. The van der Waals surface area contributed by atoms with E-state index in [0.717, 1.165) is 104 Å². The fraction of sp³-hybridized carbons (Fsp3) is 0.286. The summed E-state index contributed by atoms with van der Waals surface area (Å²) in [5.41, 5.74) is 7.25. The van der Waals surface area contributed by atoms with Gasteiger partial charge in [-0.1, -0.05) is 6.07 Å². The van der Waals surface area contributed by atoms with Crippen molar-refractivity contribution in [3.05, 3.63) is 126 Å². The maximum atomic E-state index is 13.3. The Morgan fingerprint density at radius 1 is 0.706 bits per heavy atom. The number of carbonyl (C=O) groups is 2. The fourth-order valence-corrected chi connectivity index (χ4v) is 7.32. The number of nitrogens with zero attached hydrogens (tertiary/aromatic N) is 4. The van der Waals surface area contributed by atoms with Crippen molar-refractivity contribution in [2.45, 2.75) is 31.9 Å². The molecule has 2 aromatic heterocycles. The normalized spacial score (nSPS) is 15.8. The Balaban J connectivity index is 0.885. The van der Waals surface area contributed by atoms with Crippen LogP contribution in [0.1, 0.15) is 39.1 Å². The predicted molar refractivity (Wildman–Crippen MR) is 202 cm³/mol. The van der Waals surface area contributed by atoms with Crippen LogP contribution in [0.2, 0.25) is 0 Å². The largest absolute Gasteiger partial charge is 0.393 e. The summed E-state index contributed by atoms with van der Waals surface area (Å²) in [6, 6.07) is 31.8. The van der Waals surface area contributed by atoms with E-state index in [-0.39, 0.29) is 17.8 Å². The Labute approximate surface area is 297 Å². The van der Waals surface area contributed by atoms with Gasteiger partial charge in [0.1, 0.15) is 0 Å². The SMILES string of the molecule is O=C(Cc1ccc2c(ccn2CCN2CCOCC2)c1)c1ccc(-n2ccc3cc(NC(=O)c4ccc(N5CCC(O)CC5)cc4)ccc32)cc1. The Morgan fingerprint density at radius 3 is 2.18 bits per heavy atom. The summed E-state index contributed by atoms with van der Waals surface area (Å²) in [6.45, 7) is 7.17. The first-order chi connectivity index (χ1) is 25.0. The first-order valence-electron chi connectivity index (χ1n) is 17.9. The number of anilines is 2. The van der Waals surface area contributed by atoms with E-state index in [4.69, 9.17) is 4.74 Å². The van der Waals surface area contributed by atoms with E-state index in [1.165, 1.54) is 5.52 Å². The quantitative estimate of drug-likeness (QED) is 0.159. The molecule has 2 fully saturated rings. The molecule has 2 aliphatic rings. The van der Waals surface area contributed by atoms with Crippen LogP contribution in [0.15, 0.2) is 109 Å². The molecule has 4 heterocycles. The van der Waals surface area contributed by atoms with Crippen LogP contribution in [0, 0.1) is 0 Å². The lowest BCUT2D eigenvalue weighted by Crippen LogP contribution is -2.38. The third-order valence-corrected chi connectivity index (χ3v) is 10.3. The van der Waals surface area contributed by atoms with Gasteiger partial charge in [0.15, 0.2) is 5.78 Å². The lowest BCUT2D eigenvalue weighted by Gasteiger charge is -2.31. The van der Waals surface area contributed by atoms with Gasteiger partial charge in [-0.15, -0.1) is 0 Å². The number of hydrogen-bond acceptors (Lipinski definition) is 6. The molecule has 0 saturated carbocycles. The number of hydrogen-bond donors (Lipinski definition) is 2. The maximum Gasteiger partial charge on any atom is 0.255 e. The van der Waals surface area contributed by atoms with Crippen molar-refractivity contribution < 1.29 is 19.4 Å². The van der Waals surface area contributed by atoms with Gasteiger partial charge < -0.3 is 29.2 Å². The molecule has 260 valence electrons. The molecule has 0 aliphatic carbocycles. The summed E-state index contributed by atoms with van der Waals surface area (Å²) in [5.74, 6) is -0.0705. The molecule has 0 bridgehead atoms. The smallest absolute Gasteiger partial charge is 0.255 e. The summed E-state index contributed by atoms with van der Waals surface area (Å²) >= 11 is 0. The molecule has 2 N–H and O–H groups in total. The van der Waals surface area contributed by atoms with Gasteiger partial charge in [0.05, 0.1) is 24.8 Å². The average molecular weight is 682 g/mol. The van der Waals surface area contributed by atoms with E-state index in [2.05, 4.69) is 54.7 Å². The van der Waals surface area contributed by atoms with Crippen molar-refractivity contribution >= 4 is 44.9 Å². The number of aliphatic hydroxyl groups is 1. The molecule has 51 heavy (non-hydrogen) atoms. The van der Waals surface area contributed by atoms with E-state index in [1.807, 2.05) is 79.0 Å². The molecule has 9 nitrogen and oxygen atoms in total. The molecule has 2 aliphatic heterocycles. The lowest BCUT2D eigenvalue weighted by atomic mass is 10.0. The number of aromatic nitrogens is 2. The Kier molecular flexibility index (Phi) is 9.41. The highest BCUT2D eigenvalue weighted by molar-refractivity contribution is 6.05. The Hall–Kier alpha value is -5.22. The fourth-order valence-electron chi connectivity index (χ4n) is 7.32. The molecule has 0 spiro atoms. The highest BCUT2D eigenvalue weighted by Gasteiger charge is 2.18. The van der Waals surface area contributed by atoms with Crippen molar-refractivity contribution in [1.82, 2.24) is 14.0 Å². The summed E-state index contributed by atoms with van der Waals surface area (Å²) in [4.78, 5) is 31.0. The molecule has 2 saturated heterocycles. The minimum absolute atomic E-state index is 0.0892. The van der Waals surface area contributed by atoms with Crippen LogP contribution in [-0.2, 0) is 17.7 Å². The Bertz CT molecular complexity index is 2150. The summed E-state index contributed by atoms with van der Waals surface area (Å²) in [6.07, 6.45) is 5.81. The van der Waals surface area contributed by atoms with Gasteiger partial charge in [-0.05, 0) is 115 Å². The number of fused-ring (bicyclic) bond motifs is 2. The van der Waals surface area contributed by atoms with E-state index in [9.17, 15) is 14.7 Å². The first-order valence-corrected chi connectivity index (χ1v) is 17.9. The standard InChI is InChI=1S/C42H43N5O4/c48-38-15-18-45(19-16-38)36-7-4-32(5-8-36)42(50)43-35-6-12-40-34(29-35)14-20-47(40)37-9-2-31(3-10-37)41(49)28-30-1-11-39-33(27-30)13-17-46(39)22-21-44-23-25-51-26-24-44/h1-14,17,20,27,29,38,48H,15-16,18-19,21-26,28H2,(H,43,50). The van der Waals surface area contributed by atoms with Gasteiger partial charge in [-0.2, -0.15) is 0 Å². The minimum atomic E-state index is -0.217. The molecule has 1 amide bonds. The number of piperidine rings is 1. The number of rotatable bonds is 10.